The molecule has 0 atom stereocenters. The van der Waals surface area contributed by atoms with E-state index in [1.54, 1.807) is 10.9 Å². The fourth-order valence-electron chi connectivity index (χ4n) is 1.23. The van der Waals surface area contributed by atoms with Gasteiger partial charge in [-0.25, -0.2) is 4.98 Å². The summed E-state index contributed by atoms with van der Waals surface area (Å²) >= 11 is 0. The Hall–Kier alpha value is -1.85. The van der Waals surface area contributed by atoms with Gasteiger partial charge in [-0.3, -0.25) is 0 Å². The summed E-state index contributed by atoms with van der Waals surface area (Å²) < 4.78 is 7.08. The lowest BCUT2D eigenvalue weighted by Crippen LogP contribution is -2.02. The van der Waals surface area contributed by atoms with Gasteiger partial charge in [-0.05, 0) is 6.92 Å². The van der Waals surface area contributed by atoms with E-state index >= 15 is 0 Å². The van der Waals surface area contributed by atoms with Crippen molar-refractivity contribution in [3.05, 3.63) is 6.33 Å². The smallest absolute Gasteiger partial charge is 0.247 e. The zero-order valence-corrected chi connectivity index (χ0v) is 12.1. The molecule has 0 aliphatic rings. The standard InChI is InChI=1S/C8H11N5O.2C2H6/c1-3-14-7-5-6(11-8(9)12-7)13(2)4-10-5;2*1-2/h4H,3H2,1-2H3,(H2,9,11,12);2*1-2H3. The van der Waals surface area contributed by atoms with E-state index < -0.39 is 0 Å². The van der Waals surface area contributed by atoms with Crippen LogP contribution in [0.4, 0.5) is 5.95 Å². The van der Waals surface area contributed by atoms with Gasteiger partial charge in [0, 0.05) is 7.05 Å². The molecule has 6 heteroatoms. The molecule has 0 aliphatic carbocycles. The molecular weight excluding hydrogens is 230 g/mol. The van der Waals surface area contributed by atoms with Crippen LogP contribution in [-0.2, 0) is 7.05 Å². The van der Waals surface area contributed by atoms with Gasteiger partial charge in [0.25, 0.3) is 0 Å². The summed E-state index contributed by atoms with van der Waals surface area (Å²) in [5.41, 5.74) is 6.86. The number of anilines is 1. The van der Waals surface area contributed by atoms with E-state index in [1.807, 2.05) is 41.7 Å². The Labute approximate surface area is 108 Å². The number of ether oxygens (including phenoxy) is 1. The van der Waals surface area contributed by atoms with Crippen molar-refractivity contribution in [1.82, 2.24) is 19.5 Å². The van der Waals surface area contributed by atoms with Crippen LogP contribution in [0.15, 0.2) is 6.33 Å². The number of fused-ring (bicyclic) bond motifs is 1. The Morgan fingerprint density at radius 2 is 1.83 bits per heavy atom. The van der Waals surface area contributed by atoms with Gasteiger partial charge in [0.2, 0.25) is 11.8 Å². The quantitative estimate of drug-likeness (QED) is 0.889. The molecule has 18 heavy (non-hydrogen) atoms. The van der Waals surface area contributed by atoms with Crippen LogP contribution in [0.2, 0.25) is 0 Å². The molecule has 0 aliphatic heterocycles. The minimum absolute atomic E-state index is 0.199. The summed E-state index contributed by atoms with van der Waals surface area (Å²) in [6.45, 7) is 10.4. The minimum Gasteiger partial charge on any atom is -0.476 e. The number of hydrogen-bond acceptors (Lipinski definition) is 5. The fraction of sp³-hybridized carbons (Fsp3) is 0.583. The first kappa shape index (κ1) is 16.1. The van der Waals surface area contributed by atoms with Gasteiger partial charge in [-0.1, -0.05) is 27.7 Å². The van der Waals surface area contributed by atoms with E-state index in [9.17, 15) is 0 Å². The minimum atomic E-state index is 0.199. The van der Waals surface area contributed by atoms with E-state index in [-0.39, 0.29) is 5.95 Å². The van der Waals surface area contributed by atoms with Gasteiger partial charge >= 0.3 is 0 Å². The number of nitrogen functional groups attached to an aromatic ring is 1. The highest BCUT2D eigenvalue weighted by Gasteiger charge is 2.10. The van der Waals surface area contributed by atoms with E-state index in [2.05, 4.69) is 15.0 Å². The summed E-state index contributed by atoms with van der Waals surface area (Å²) in [6.07, 6.45) is 1.65. The number of aromatic nitrogens is 4. The van der Waals surface area contributed by atoms with Crippen molar-refractivity contribution in [2.75, 3.05) is 12.3 Å². The molecule has 0 spiro atoms. The van der Waals surface area contributed by atoms with Crippen molar-refractivity contribution in [3.63, 3.8) is 0 Å². The molecule has 2 N–H and O–H groups in total. The number of imidazole rings is 1. The van der Waals surface area contributed by atoms with Crippen LogP contribution in [0.25, 0.3) is 11.2 Å². The third-order valence-corrected chi connectivity index (χ3v) is 1.83. The molecule has 102 valence electrons. The maximum atomic E-state index is 5.54. The van der Waals surface area contributed by atoms with Crippen LogP contribution >= 0.6 is 0 Å². The van der Waals surface area contributed by atoms with Crippen molar-refractivity contribution >= 4 is 17.1 Å². The number of nitrogens with zero attached hydrogens (tertiary/aromatic N) is 4. The maximum absolute atomic E-state index is 5.54. The summed E-state index contributed by atoms with van der Waals surface area (Å²) in [7, 11) is 1.84. The van der Waals surface area contributed by atoms with Crippen LogP contribution in [0, 0.1) is 0 Å². The van der Waals surface area contributed by atoms with E-state index in [4.69, 9.17) is 10.5 Å². The van der Waals surface area contributed by atoms with E-state index in [0.717, 1.165) is 0 Å². The van der Waals surface area contributed by atoms with Gasteiger partial charge in [0.05, 0.1) is 12.9 Å². The second-order valence-corrected chi connectivity index (χ2v) is 2.85. The van der Waals surface area contributed by atoms with Gasteiger partial charge in [-0.2, -0.15) is 9.97 Å². The van der Waals surface area contributed by atoms with Crippen LogP contribution in [0.5, 0.6) is 5.88 Å². The number of hydrogen-bond donors (Lipinski definition) is 1. The number of aryl methyl sites for hydroxylation is 1. The second-order valence-electron chi connectivity index (χ2n) is 2.85. The molecule has 0 bridgehead atoms. The fourth-order valence-corrected chi connectivity index (χ4v) is 1.23. The summed E-state index contributed by atoms with van der Waals surface area (Å²) in [4.78, 5) is 12.2. The Balaban J connectivity index is 0.000000659. The van der Waals surface area contributed by atoms with Crippen LogP contribution in [0.1, 0.15) is 34.6 Å². The first-order valence-electron chi connectivity index (χ1n) is 6.29. The van der Waals surface area contributed by atoms with Crippen LogP contribution in [-0.4, -0.2) is 26.1 Å². The Kier molecular flexibility index (Phi) is 7.42. The molecule has 0 unspecified atom stereocenters. The number of nitrogens with two attached hydrogens (primary N) is 1. The van der Waals surface area contributed by atoms with Crippen molar-refractivity contribution in [3.8, 4) is 5.88 Å². The lowest BCUT2D eigenvalue weighted by atomic mass is 10.5. The van der Waals surface area contributed by atoms with Gasteiger partial charge in [0.15, 0.2) is 11.2 Å². The predicted molar refractivity (Wildman–Crippen MR) is 74.6 cm³/mol. The SMILES string of the molecule is CC.CC.CCOc1nc(N)nc2c1ncn2C. The average molecular weight is 253 g/mol. The second kappa shape index (κ2) is 8.27. The summed E-state index contributed by atoms with van der Waals surface area (Å²) in [5.74, 6) is 0.639. The third kappa shape index (κ3) is 3.58. The highest BCUT2D eigenvalue weighted by atomic mass is 16.5. The van der Waals surface area contributed by atoms with Crippen LogP contribution < -0.4 is 10.5 Å². The largest absolute Gasteiger partial charge is 0.476 e. The highest BCUT2D eigenvalue weighted by molar-refractivity contribution is 5.77. The maximum Gasteiger partial charge on any atom is 0.247 e. The molecule has 0 aromatic carbocycles. The Morgan fingerprint density at radius 1 is 1.22 bits per heavy atom. The molecule has 0 radical (unpaired) electrons. The lowest BCUT2D eigenvalue weighted by molar-refractivity contribution is 0.331. The van der Waals surface area contributed by atoms with Gasteiger partial charge < -0.3 is 15.0 Å². The van der Waals surface area contributed by atoms with Crippen molar-refractivity contribution in [2.45, 2.75) is 34.6 Å². The lowest BCUT2D eigenvalue weighted by Gasteiger charge is -2.03. The first-order valence-corrected chi connectivity index (χ1v) is 6.29. The molecule has 2 aromatic rings. The molecule has 6 nitrogen and oxygen atoms in total. The third-order valence-electron chi connectivity index (χ3n) is 1.83. The zero-order chi connectivity index (χ0) is 14.1. The summed E-state index contributed by atoms with van der Waals surface area (Å²) in [6, 6.07) is 0. The van der Waals surface area contributed by atoms with Gasteiger partial charge in [0.1, 0.15) is 0 Å². The van der Waals surface area contributed by atoms with E-state index in [0.29, 0.717) is 23.7 Å². The normalized spacial score (nSPS) is 9.00. The van der Waals surface area contributed by atoms with Crippen molar-refractivity contribution in [2.24, 2.45) is 7.05 Å². The van der Waals surface area contributed by atoms with E-state index in [1.165, 1.54) is 0 Å². The van der Waals surface area contributed by atoms with Crippen molar-refractivity contribution in [1.29, 1.82) is 0 Å². The molecule has 0 fully saturated rings. The highest BCUT2D eigenvalue weighted by Crippen LogP contribution is 2.20. The molecule has 2 heterocycles. The number of rotatable bonds is 2. The topological polar surface area (TPSA) is 78.8 Å². The summed E-state index contributed by atoms with van der Waals surface area (Å²) in [5, 5.41) is 0. The predicted octanol–water partition coefficient (Wildman–Crippen LogP) is 2.40. The molecule has 0 saturated carbocycles. The monoisotopic (exact) mass is 253 g/mol. The Bertz CT molecular complexity index is 467. The molecule has 0 amide bonds. The first-order chi connectivity index (χ1) is 8.72. The zero-order valence-electron chi connectivity index (χ0n) is 12.1. The van der Waals surface area contributed by atoms with Gasteiger partial charge in [-0.15, -0.1) is 0 Å². The molecule has 2 rings (SSSR count). The molecule has 0 saturated heterocycles. The van der Waals surface area contributed by atoms with Crippen molar-refractivity contribution < 1.29 is 4.74 Å². The van der Waals surface area contributed by atoms with Crippen LogP contribution in [0.3, 0.4) is 0 Å². The molecular formula is C12H23N5O. The average Bonchev–Trinajstić information content (AvgIpc) is 2.77. The Morgan fingerprint density at radius 3 is 2.39 bits per heavy atom. The molecule has 2 aromatic heterocycles.